The second kappa shape index (κ2) is 11.0. The van der Waals surface area contributed by atoms with E-state index in [0.29, 0.717) is 13.0 Å². The number of benzene rings is 2. The molecule has 0 aliphatic heterocycles. The third kappa shape index (κ3) is 7.23. The molecule has 2 aromatic rings. The lowest BCUT2D eigenvalue weighted by molar-refractivity contribution is -0.143. The molecule has 120 valence electrons. The second-order valence-corrected chi connectivity index (χ2v) is 4.60. The molecule has 5 heteroatoms. The van der Waals surface area contributed by atoms with Crippen molar-refractivity contribution in [3.05, 3.63) is 71.8 Å². The van der Waals surface area contributed by atoms with E-state index < -0.39 is 5.97 Å². The van der Waals surface area contributed by atoms with Crippen LogP contribution in [0.25, 0.3) is 0 Å². The third-order valence-corrected chi connectivity index (χ3v) is 2.83. The van der Waals surface area contributed by atoms with Crippen molar-refractivity contribution in [1.82, 2.24) is 0 Å². The van der Waals surface area contributed by atoms with Gasteiger partial charge in [-0.05, 0) is 11.1 Å². The number of carboxylic acids is 1. The summed E-state index contributed by atoms with van der Waals surface area (Å²) in [5, 5.41) is 16.5. The Kier molecular flexibility index (Phi) is 8.76. The van der Waals surface area contributed by atoms with Crippen molar-refractivity contribution < 1.29 is 14.6 Å². The predicted octanol–water partition coefficient (Wildman–Crippen LogP) is 2.74. The van der Waals surface area contributed by atoms with E-state index in [1.54, 1.807) is 0 Å². The number of carbonyl (C=O) groups is 1. The van der Waals surface area contributed by atoms with Gasteiger partial charge in [0.05, 0.1) is 6.07 Å². The Morgan fingerprint density at radius 3 is 1.87 bits per heavy atom. The molecule has 0 atom stereocenters. The molecule has 23 heavy (non-hydrogen) atoms. The Bertz CT molecular complexity index is 570. The molecule has 0 aromatic heterocycles. The number of ether oxygens (including phenoxy) is 1. The molecule has 0 aliphatic rings. The van der Waals surface area contributed by atoms with E-state index in [1.165, 1.54) is 0 Å². The predicted molar refractivity (Wildman–Crippen MR) is 87.6 cm³/mol. The number of rotatable bonds is 6. The van der Waals surface area contributed by atoms with E-state index in [-0.39, 0.29) is 12.7 Å². The van der Waals surface area contributed by atoms with Crippen LogP contribution in [0.15, 0.2) is 60.7 Å². The molecule has 0 radical (unpaired) electrons. The van der Waals surface area contributed by atoms with Crippen molar-refractivity contribution in [2.45, 2.75) is 12.5 Å². The van der Waals surface area contributed by atoms with Crippen molar-refractivity contribution in [1.29, 1.82) is 5.26 Å². The van der Waals surface area contributed by atoms with Crippen molar-refractivity contribution in [3.8, 4) is 6.07 Å². The number of nitrogens with two attached hydrogens (primary N) is 1. The first-order chi connectivity index (χ1) is 11.2. The third-order valence-electron chi connectivity index (χ3n) is 2.83. The van der Waals surface area contributed by atoms with Gasteiger partial charge in [-0.1, -0.05) is 60.7 Å². The van der Waals surface area contributed by atoms with E-state index in [0.717, 1.165) is 11.1 Å². The van der Waals surface area contributed by atoms with Gasteiger partial charge in [-0.15, -0.1) is 0 Å². The lowest BCUT2D eigenvalue weighted by atomic mass is 10.0. The molecular weight excluding hydrogens is 292 g/mol. The van der Waals surface area contributed by atoms with Gasteiger partial charge in [-0.3, -0.25) is 0 Å². The summed E-state index contributed by atoms with van der Waals surface area (Å²) in [5.74, 6) is -0.966. The maximum atomic E-state index is 10.6. The van der Waals surface area contributed by atoms with Gasteiger partial charge in [-0.25, -0.2) is 4.79 Å². The fourth-order valence-electron chi connectivity index (χ4n) is 1.86. The molecule has 0 unspecified atom stereocenters. The topological polar surface area (TPSA) is 96.3 Å². The highest BCUT2D eigenvalue weighted by Crippen LogP contribution is 2.25. The standard InChI is InChI=1S/C15H14O3.C3H6N2/c16-14(17)11-18-15(12-7-3-1-4-8-12)13-9-5-2-6-10-13;4-2-1-3-5/h1-10,15H,11H2,(H,16,17);1-2,4H2. The first-order valence-corrected chi connectivity index (χ1v) is 7.19. The Morgan fingerprint density at radius 2 is 1.57 bits per heavy atom. The lowest BCUT2D eigenvalue weighted by Gasteiger charge is -2.17. The zero-order chi connectivity index (χ0) is 16.9. The number of hydrogen-bond donors (Lipinski definition) is 2. The summed E-state index contributed by atoms with van der Waals surface area (Å²) in [6.45, 7) is 0.172. The zero-order valence-electron chi connectivity index (χ0n) is 12.8. The van der Waals surface area contributed by atoms with E-state index in [9.17, 15) is 4.79 Å². The minimum atomic E-state index is -0.966. The molecular formula is C18H20N2O3. The largest absolute Gasteiger partial charge is 0.480 e. The highest BCUT2D eigenvalue weighted by atomic mass is 16.5. The molecule has 0 fully saturated rings. The van der Waals surface area contributed by atoms with Gasteiger partial charge in [0.15, 0.2) is 0 Å². The maximum absolute atomic E-state index is 10.6. The van der Waals surface area contributed by atoms with Crippen LogP contribution >= 0.6 is 0 Å². The Morgan fingerprint density at radius 1 is 1.09 bits per heavy atom. The highest BCUT2D eigenvalue weighted by molar-refractivity contribution is 5.68. The zero-order valence-corrected chi connectivity index (χ0v) is 12.8. The van der Waals surface area contributed by atoms with Crippen LogP contribution in [-0.4, -0.2) is 24.2 Å². The smallest absolute Gasteiger partial charge is 0.329 e. The van der Waals surface area contributed by atoms with E-state index in [1.807, 2.05) is 66.7 Å². The summed E-state index contributed by atoms with van der Waals surface area (Å²) < 4.78 is 5.48. The number of nitrogens with zero attached hydrogens (tertiary/aromatic N) is 1. The summed E-state index contributed by atoms with van der Waals surface area (Å²) in [5.41, 5.74) is 6.81. The summed E-state index contributed by atoms with van der Waals surface area (Å²) in [4.78, 5) is 10.6. The number of nitriles is 1. The molecule has 0 saturated carbocycles. The lowest BCUT2D eigenvalue weighted by Crippen LogP contribution is -2.13. The van der Waals surface area contributed by atoms with E-state index >= 15 is 0 Å². The second-order valence-electron chi connectivity index (χ2n) is 4.60. The summed E-state index contributed by atoms with van der Waals surface area (Å²) in [6.07, 6.45) is 0.128. The summed E-state index contributed by atoms with van der Waals surface area (Å²) in [7, 11) is 0. The number of carboxylic acid groups (broad SMARTS) is 1. The highest BCUT2D eigenvalue weighted by Gasteiger charge is 2.15. The van der Waals surface area contributed by atoms with Gasteiger partial charge < -0.3 is 15.6 Å². The monoisotopic (exact) mass is 312 g/mol. The Balaban J connectivity index is 0.000000463. The number of aliphatic carboxylic acids is 1. The van der Waals surface area contributed by atoms with Crippen molar-refractivity contribution in [2.75, 3.05) is 13.2 Å². The van der Waals surface area contributed by atoms with Gasteiger partial charge in [0.25, 0.3) is 0 Å². The van der Waals surface area contributed by atoms with Gasteiger partial charge in [0.2, 0.25) is 0 Å². The van der Waals surface area contributed by atoms with Crippen LogP contribution in [0, 0.1) is 11.3 Å². The van der Waals surface area contributed by atoms with Gasteiger partial charge in [0.1, 0.15) is 12.7 Å². The molecule has 0 aliphatic carbocycles. The van der Waals surface area contributed by atoms with E-state index in [2.05, 4.69) is 0 Å². The molecule has 0 heterocycles. The van der Waals surface area contributed by atoms with Gasteiger partial charge >= 0.3 is 5.97 Å². The Labute approximate surface area is 135 Å². The van der Waals surface area contributed by atoms with Crippen LogP contribution < -0.4 is 5.73 Å². The van der Waals surface area contributed by atoms with Crippen LogP contribution in [0.3, 0.4) is 0 Å². The molecule has 0 bridgehead atoms. The SMILES string of the molecule is N#CCCN.O=C(O)COC(c1ccccc1)c1ccccc1. The van der Waals surface area contributed by atoms with Gasteiger partial charge in [-0.2, -0.15) is 5.26 Å². The average Bonchev–Trinajstić information content (AvgIpc) is 2.58. The van der Waals surface area contributed by atoms with E-state index in [4.69, 9.17) is 20.8 Å². The molecule has 0 amide bonds. The first kappa shape index (κ1) is 18.4. The number of hydrogen-bond acceptors (Lipinski definition) is 4. The first-order valence-electron chi connectivity index (χ1n) is 7.19. The quantitative estimate of drug-likeness (QED) is 0.855. The summed E-state index contributed by atoms with van der Waals surface area (Å²) >= 11 is 0. The molecule has 3 N–H and O–H groups in total. The maximum Gasteiger partial charge on any atom is 0.329 e. The molecule has 5 nitrogen and oxygen atoms in total. The van der Waals surface area contributed by atoms with Gasteiger partial charge in [0, 0.05) is 13.0 Å². The van der Waals surface area contributed by atoms with Crippen LogP contribution in [-0.2, 0) is 9.53 Å². The minimum Gasteiger partial charge on any atom is -0.480 e. The Hall–Kier alpha value is -2.68. The van der Waals surface area contributed by atoms with Crippen molar-refractivity contribution >= 4 is 5.97 Å². The van der Waals surface area contributed by atoms with Crippen molar-refractivity contribution in [2.24, 2.45) is 5.73 Å². The molecule has 2 aromatic carbocycles. The molecule has 0 spiro atoms. The fraction of sp³-hybridized carbons (Fsp3) is 0.222. The average molecular weight is 312 g/mol. The molecule has 0 saturated heterocycles. The van der Waals surface area contributed by atoms with Crippen LogP contribution in [0.1, 0.15) is 23.7 Å². The molecule has 2 rings (SSSR count). The fourth-order valence-corrected chi connectivity index (χ4v) is 1.86. The summed E-state index contributed by atoms with van der Waals surface area (Å²) in [6, 6.07) is 21.1. The van der Waals surface area contributed by atoms with Crippen LogP contribution in [0.5, 0.6) is 0 Å². The normalized spacial score (nSPS) is 9.61. The van der Waals surface area contributed by atoms with Crippen LogP contribution in [0.4, 0.5) is 0 Å². The van der Waals surface area contributed by atoms with Crippen LogP contribution in [0.2, 0.25) is 0 Å². The minimum absolute atomic E-state index is 0.311. The van der Waals surface area contributed by atoms with Crippen molar-refractivity contribution in [3.63, 3.8) is 0 Å².